The van der Waals surface area contributed by atoms with Gasteiger partial charge in [0.05, 0.1) is 5.76 Å². The average Bonchev–Trinajstić information content (AvgIpc) is 2.37. The van der Waals surface area contributed by atoms with Crippen molar-refractivity contribution < 1.29 is 15.3 Å². The number of benzene rings is 1. The van der Waals surface area contributed by atoms with E-state index in [1.807, 2.05) is 41.5 Å². The Labute approximate surface area is 118 Å². The highest BCUT2D eigenvalue weighted by Gasteiger charge is 2.02. The first-order chi connectivity index (χ1) is 8.84. The van der Waals surface area contributed by atoms with E-state index in [1.54, 1.807) is 12.1 Å². The van der Waals surface area contributed by atoms with Crippen molar-refractivity contribution in [3.63, 3.8) is 0 Å². The van der Waals surface area contributed by atoms with Crippen LogP contribution >= 0.6 is 0 Å². The summed E-state index contributed by atoms with van der Waals surface area (Å²) in [5, 5.41) is 25.9. The lowest BCUT2D eigenvalue weighted by molar-refractivity contribution is 0.403. The number of allylic oxidation sites excluding steroid dienone is 1. The van der Waals surface area contributed by atoms with E-state index in [4.69, 9.17) is 15.3 Å². The van der Waals surface area contributed by atoms with Gasteiger partial charge in [-0.1, -0.05) is 54.2 Å². The van der Waals surface area contributed by atoms with E-state index >= 15 is 0 Å². The van der Waals surface area contributed by atoms with Gasteiger partial charge in [0.1, 0.15) is 0 Å². The Kier molecular flexibility index (Phi) is 17.1. The number of hydrogen-bond donors (Lipinski definition) is 3. The first-order valence-corrected chi connectivity index (χ1v) is 6.71. The smallest absolute Gasteiger partial charge is 0.157 e. The summed E-state index contributed by atoms with van der Waals surface area (Å²) in [4.78, 5) is 0. The molecule has 1 aromatic carbocycles. The Morgan fingerprint density at radius 3 is 1.63 bits per heavy atom. The topological polar surface area (TPSA) is 60.7 Å². The van der Waals surface area contributed by atoms with Gasteiger partial charge in [-0.05, 0) is 30.5 Å². The van der Waals surface area contributed by atoms with Crippen LogP contribution in [-0.4, -0.2) is 15.3 Å². The van der Waals surface area contributed by atoms with E-state index in [0.717, 1.165) is 5.56 Å². The molecule has 112 valence electrons. The van der Waals surface area contributed by atoms with Crippen LogP contribution in [0, 0.1) is 0 Å². The average molecular weight is 270 g/mol. The van der Waals surface area contributed by atoms with Crippen molar-refractivity contribution in [2.45, 2.75) is 54.4 Å². The van der Waals surface area contributed by atoms with Crippen molar-refractivity contribution in [3.8, 4) is 11.5 Å². The van der Waals surface area contributed by atoms with Crippen LogP contribution in [0.5, 0.6) is 11.5 Å². The van der Waals surface area contributed by atoms with Gasteiger partial charge >= 0.3 is 0 Å². The Bertz CT molecular complexity index is 327. The maximum absolute atomic E-state index is 9.10. The quantitative estimate of drug-likeness (QED) is 0.476. The number of aliphatic hydroxyl groups excluding tert-OH is 1. The van der Waals surface area contributed by atoms with Crippen LogP contribution in [0.2, 0.25) is 0 Å². The summed E-state index contributed by atoms with van der Waals surface area (Å²) >= 11 is 0. The monoisotopic (exact) mass is 270 g/mol. The Morgan fingerprint density at radius 2 is 1.37 bits per heavy atom. The first kappa shape index (κ1) is 22.5. The second-order valence-corrected chi connectivity index (χ2v) is 3.64. The third-order valence-corrected chi connectivity index (χ3v) is 1.67. The van der Waals surface area contributed by atoms with Crippen LogP contribution in [0.15, 0.2) is 30.5 Å². The molecule has 0 aliphatic heterocycles. The zero-order valence-electron chi connectivity index (χ0n) is 13.4. The van der Waals surface area contributed by atoms with Crippen molar-refractivity contribution in [1.29, 1.82) is 0 Å². The first-order valence-electron chi connectivity index (χ1n) is 6.71. The van der Waals surface area contributed by atoms with Crippen LogP contribution in [0.3, 0.4) is 0 Å². The molecule has 1 rings (SSSR count). The molecule has 0 aromatic heterocycles. The van der Waals surface area contributed by atoms with E-state index in [9.17, 15) is 0 Å². The lowest BCUT2D eigenvalue weighted by Gasteiger charge is -2.05. The lowest BCUT2D eigenvalue weighted by atomic mass is 10.0. The molecule has 0 spiro atoms. The molecule has 3 heteroatoms. The molecule has 0 unspecified atom stereocenters. The van der Waals surface area contributed by atoms with Gasteiger partial charge in [0.15, 0.2) is 11.5 Å². The molecule has 0 aliphatic rings. The minimum absolute atomic E-state index is 0.0452. The van der Waals surface area contributed by atoms with Crippen molar-refractivity contribution in [2.24, 2.45) is 0 Å². The SMILES string of the molecule is C=C(C)O.CC.CC.CC(C)c1ccc(O)c(O)c1. The second kappa shape index (κ2) is 14.4. The number of hydrogen-bond acceptors (Lipinski definition) is 3. The third-order valence-electron chi connectivity index (χ3n) is 1.67. The summed E-state index contributed by atoms with van der Waals surface area (Å²) < 4.78 is 0. The highest BCUT2D eigenvalue weighted by atomic mass is 16.3. The number of phenolic OH excluding ortho intramolecular Hbond substituents is 2. The Balaban J connectivity index is -0.000000271. The molecule has 3 N–H and O–H groups in total. The molecule has 0 bridgehead atoms. The molecule has 0 atom stereocenters. The number of aromatic hydroxyl groups is 2. The van der Waals surface area contributed by atoms with Crippen molar-refractivity contribution in [3.05, 3.63) is 36.1 Å². The molecule has 3 nitrogen and oxygen atoms in total. The summed E-state index contributed by atoms with van der Waals surface area (Å²) in [6.45, 7) is 16.7. The van der Waals surface area contributed by atoms with E-state index < -0.39 is 0 Å². The van der Waals surface area contributed by atoms with Gasteiger partial charge < -0.3 is 15.3 Å². The summed E-state index contributed by atoms with van der Waals surface area (Å²) in [5.74, 6) is 0.437. The van der Waals surface area contributed by atoms with Gasteiger partial charge in [-0.2, -0.15) is 0 Å². The predicted octanol–water partition coefficient (Wildman–Crippen LogP) is 5.35. The van der Waals surface area contributed by atoms with Gasteiger partial charge in [-0.25, -0.2) is 0 Å². The van der Waals surface area contributed by atoms with Gasteiger partial charge in [-0.3, -0.25) is 0 Å². The summed E-state index contributed by atoms with van der Waals surface area (Å²) in [6, 6.07) is 4.89. The van der Waals surface area contributed by atoms with Crippen LogP contribution in [0.25, 0.3) is 0 Å². The fourth-order valence-electron chi connectivity index (χ4n) is 0.900. The van der Waals surface area contributed by atoms with Gasteiger partial charge in [-0.15, -0.1) is 0 Å². The summed E-state index contributed by atoms with van der Waals surface area (Å²) in [7, 11) is 0. The minimum Gasteiger partial charge on any atom is -0.513 e. The van der Waals surface area contributed by atoms with Crippen molar-refractivity contribution in [1.82, 2.24) is 0 Å². The second-order valence-electron chi connectivity index (χ2n) is 3.64. The van der Waals surface area contributed by atoms with Crippen LogP contribution in [0.1, 0.15) is 59.9 Å². The molecule has 0 heterocycles. The van der Waals surface area contributed by atoms with Crippen molar-refractivity contribution in [2.75, 3.05) is 0 Å². The van der Waals surface area contributed by atoms with E-state index in [1.165, 1.54) is 13.0 Å². The molecule has 1 aromatic rings. The standard InChI is InChI=1S/C9H12O2.C3H6O.2C2H6/c1-6(2)7-3-4-8(10)9(11)5-7;1-3(2)4;2*1-2/h3-6,10-11H,1-2H3;4H,1H2,2H3;2*1-2H3. The van der Waals surface area contributed by atoms with Gasteiger partial charge in [0.2, 0.25) is 0 Å². The third kappa shape index (κ3) is 14.3. The normalized spacial score (nSPS) is 8.00. The number of aliphatic hydroxyl groups is 1. The maximum atomic E-state index is 9.10. The molecule has 0 radical (unpaired) electrons. The Hall–Kier alpha value is -1.64. The lowest BCUT2D eigenvalue weighted by Crippen LogP contribution is -1.85. The molecule has 0 amide bonds. The fourth-order valence-corrected chi connectivity index (χ4v) is 0.900. The van der Waals surface area contributed by atoms with Crippen LogP contribution < -0.4 is 0 Å². The summed E-state index contributed by atoms with van der Waals surface area (Å²) in [6.07, 6.45) is 0. The van der Waals surface area contributed by atoms with Gasteiger partial charge in [0.25, 0.3) is 0 Å². The zero-order valence-corrected chi connectivity index (χ0v) is 13.4. The molecular weight excluding hydrogens is 240 g/mol. The molecular formula is C16H30O3. The number of rotatable bonds is 1. The highest BCUT2D eigenvalue weighted by molar-refractivity contribution is 5.41. The zero-order chi connectivity index (χ0) is 16.0. The largest absolute Gasteiger partial charge is 0.513 e. The minimum atomic E-state index is -0.0607. The molecule has 0 saturated heterocycles. The van der Waals surface area contributed by atoms with E-state index in [0.29, 0.717) is 5.92 Å². The summed E-state index contributed by atoms with van der Waals surface area (Å²) in [5.41, 5.74) is 1.03. The Morgan fingerprint density at radius 1 is 1.00 bits per heavy atom. The van der Waals surface area contributed by atoms with Crippen LogP contribution in [-0.2, 0) is 0 Å². The molecule has 19 heavy (non-hydrogen) atoms. The van der Waals surface area contributed by atoms with Crippen LogP contribution in [0.4, 0.5) is 0 Å². The van der Waals surface area contributed by atoms with E-state index in [-0.39, 0.29) is 17.3 Å². The number of phenols is 2. The predicted molar refractivity (Wildman–Crippen MR) is 84.0 cm³/mol. The maximum Gasteiger partial charge on any atom is 0.157 e. The van der Waals surface area contributed by atoms with E-state index in [2.05, 4.69) is 6.58 Å². The fraction of sp³-hybridized carbons (Fsp3) is 0.500. The van der Waals surface area contributed by atoms with Gasteiger partial charge in [0, 0.05) is 0 Å². The highest BCUT2D eigenvalue weighted by Crippen LogP contribution is 2.27. The molecule has 0 fully saturated rings. The molecule has 0 saturated carbocycles. The molecule has 0 aliphatic carbocycles. The van der Waals surface area contributed by atoms with Crippen molar-refractivity contribution >= 4 is 0 Å².